The number of rotatable bonds is 5. The van der Waals surface area contributed by atoms with Crippen molar-refractivity contribution in [3.05, 3.63) is 94.7 Å². The fourth-order valence-electron chi connectivity index (χ4n) is 6.03. The van der Waals surface area contributed by atoms with Crippen LogP contribution in [0, 0.1) is 29.1 Å². The number of piperidine rings is 1. The summed E-state index contributed by atoms with van der Waals surface area (Å²) in [7, 11) is 0. The van der Waals surface area contributed by atoms with Crippen molar-refractivity contribution in [2.75, 3.05) is 23.3 Å². The molecule has 0 aliphatic carbocycles. The van der Waals surface area contributed by atoms with E-state index in [1.165, 1.54) is 0 Å². The van der Waals surface area contributed by atoms with Gasteiger partial charge in [0.2, 0.25) is 5.91 Å². The second-order valence-electron chi connectivity index (χ2n) is 12.5. The standard InChI is InChI=1S/C36H30N8O4/c1-36(2,35(48)40-30-12-9-24(16-37)27-5-3-4-6-29(27)30)43-21-22(17-38-43)7-8-23-19-42(20-23)26-10-11-28-25(15-26)18-39-44(34(28)47)31-13-14-32(45)41-33(31)46/h3-6,9-12,15,17-18,21,23,31H,13-14,19-20H2,1-2H3,(H,40,48)(H,41,45,46). The average molecular weight is 639 g/mol. The number of hydrogen-bond acceptors (Lipinski definition) is 8. The van der Waals surface area contributed by atoms with E-state index in [2.05, 4.69) is 43.6 Å². The molecule has 0 saturated carbocycles. The second kappa shape index (κ2) is 11.8. The van der Waals surface area contributed by atoms with Crippen molar-refractivity contribution in [3.63, 3.8) is 0 Å². The molecule has 7 rings (SSSR count). The zero-order valence-corrected chi connectivity index (χ0v) is 26.2. The van der Waals surface area contributed by atoms with Crippen molar-refractivity contribution >= 4 is 50.6 Å². The van der Waals surface area contributed by atoms with E-state index in [9.17, 15) is 24.4 Å². The first kappa shape index (κ1) is 30.4. The van der Waals surface area contributed by atoms with Crippen LogP contribution >= 0.6 is 0 Å². The molecular weight excluding hydrogens is 608 g/mol. The van der Waals surface area contributed by atoms with E-state index < -0.39 is 17.5 Å². The minimum atomic E-state index is -1.02. The number of amides is 3. The summed E-state index contributed by atoms with van der Waals surface area (Å²) < 4.78 is 2.76. The number of imide groups is 1. The van der Waals surface area contributed by atoms with Crippen molar-refractivity contribution < 1.29 is 14.4 Å². The Balaban J connectivity index is 0.995. The Kier molecular flexibility index (Phi) is 7.49. The molecule has 0 radical (unpaired) electrons. The zero-order valence-electron chi connectivity index (χ0n) is 26.2. The van der Waals surface area contributed by atoms with Gasteiger partial charge in [-0.1, -0.05) is 36.1 Å². The summed E-state index contributed by atoms with van der Waals surface area (Å²) in [5.41, 5.74) is 1.42. The molecule has 2 aliphatic rings. The first-order chi connectivity index (χ1) is 23.1. The third-order valence-electron chi connectivity index (χ3n) is 8.97. The highest BCUT2D eigenvalue weighted by Crippen LogP contribution is 2.29. The number of fused-ring (bicyclic) bond motifs is 2. The molecule has 2 fully saturated rings. The monoisotopic (exact) mass is 638 g/mol. The fourth-order valence-corrected chi connectivity index (χ4v) is 6.03. The number of nitriles is 1. The number of nitrogens with zero attached hydrogens (tertiary/aromatic N) is 6. The van der Waals surface area contributed by atoms with E-state index >= 15 is 0 Å². The van der Waals surface area contributed by atoms with Gasteiger partial charge in [-0.25, -0.2) is 4.68 Å². The highest BCUT2D eigenvalue weighted by Gasteiger charge is 2.32. The van der Waals surface area contributed by atoms with E-state index in [-0.39, 0.29) is 36.1 Å². The van der Waals surface area contributed by atoms with Crippen LogP contribution < -0.4 is 21.1 Å². The lowest BCUT2D eigenvalue weighted by Gasteiger charge is -2.38. The average Bonchev–Trinajstić information content (AvgIpc) is 3.55. The highest BCUT2D eigenvalue weighted by molar-refractivity contribution is 6.06. The highest BCUT2D eigenvalue weighted by atomic mass is 16.2. The molecule has 2 N–H and O–H groups in total. The molecule has 3 amide bonds. The summed E-state index contributed by atoms with van der Waals surface area (Å²) in [6.07, 6.45) is 5.39. The van der Waals surface area contributed by atoms with Gasteiger partial charge >= 0.3 is 0 Å². The van der Waals surface area contributed by atoms with Crippen molar-refractivity contribution in [1.82, 2.24) is 24.9 Å². The van der Waals surface area contributed by atoms with Crippen LogP contribution in [0.3, 0.4) is 0 Å². The molecule has 12 heteroatoms. The molecule has 0 bridgehead atoms. The summed E-state index contributed by atoms with van der Waals surface area (Å²) in [6, 6.07) is 17.8. The van der Waals surface area contributed by atoms with Gasteiger partial charge in [0.25, 0.3) is 17.4 Å². The van der Waals surface area contributed by atoms with Gasteiger partial charge < -0.3 is 10.2 Å². The number of carbonyl (C=O) groups excluding carboxylic acids is 3. The van der Waals surface area contributed by atoms with E-state index in [4.69, 9.17) is 0 Å². The van der Waals surface area contributed by atoms with Crippen molar-refractivity contribution in [2.45, 2.75) is 38.3 Å². The number of nitrogens with one attached hydrogen (secondary N) is 2. The first-order valence-electron chi connectivity index (χ1n) is 15.5. The molecule has 4 heterocycles. The van der Waals surface area contributed by atoms with Gasteiger partial charge in [-0.05, 0) is 50.6 Å². The third-order valence-corrected chi connectivity index (χ3v) is 8.97. The fraction of sp³-hybridized carbons (Fsp3) is 0.250. The van der Waals surface area contributed by atoms with Crippen LogP contribution in [0.4, 0.5) is 11.4 Å². The maximum Gasteiger partial charge on any atom is 0.275 e. The van der Waals surface area contributed by atoms with Crippen LogP contribution in [0.25, 0.3) is 21.5 Å². The minimum absolute atomic E-state index is 0.128. The summed E-state index contributed by atoms with van der Waals surface area (Å²) in [4.78, 5) is 52.5. The van der Waals surface area contributed by atoms with Crippen molar-refractivity contribution in [1.29, 1.82) is 5.26 Å². The van der Waals surface area contributed by atoms with Gasteiger partial charge in [0.1, 0.15) is 11.6 Å². The summed E-state index contributed by atoms with van der Waals surface area (Å²) >= 11 is 0. The number of benzene rings is 3. The predicted octanol–water partition coefficient (Wildman–Crippen LogP) is 3.46. The van der Waals surface area contributed by atoms with Crippen LogP contribution in [0.1, 0.15) is 43.9 Å². The molecule has 2 aliphatic heterocycles. The molecule has 238 valence electrons. The minimum Gasteiger partial charge on any atom is -0.369 e. The second-order valence-corrected chi connectivity index (χ2v) is 12.5. The Morgan fingerprint density at radius 1 is 1.00 bits per heavy atom. The van der Waals surface area contributed by atoms with Gasteiger partial charge in [-0.2, -0.15) is 15.5 Å². The van der Waals surface area contributed by atoms with E-state index in [0.717, 1.165) is 21.1 Å². The normalized spacial score (nSPS) is 16.5. The molecule has 1 unspecified atom stereocenters. The third kappa shape index (κ3) is 5.43. The van der Waals surface area contributed by atoms with Crippen LogP contribution in [0.15, 0.2) is 78.0 Å². The van der Waals surface area contributed by atoms with Crippen LogP contribution in [0.5, 0.6) is 0 Å². The molecule has 12 nitrogen and oxygen atoms in total. The van der Waals surface area contributed by atoms with Crippen LogP contribution in [-0.4, -0.2) is 50.4 Å². The van der Waals surface area contributed by atoms with Gasteiger partial charge in [0.05, 0.1) is 40.9 Å². The molecule has 2 saturated heterocycles. The summed E-state index contributed by atoms with van der Waals surface area (Å²) in [5, 5.41) is 26.1. The molecule has 5 aromatic rings. The molecule has 2 aromatic heterocycles. The lowest BCUT2D eigenvalue weighted by molar-refractivity contribution is -0.136. The van der Waals surface area contributed by atoms with Gasteiger partial charge in [0.15, 0.2) is 0 Å². The smallest absolute Gasteiger partial charge is 0.275 e. The van der Waals surface area contributed by atoms with Crippen LogP contribution in [-0.2, 0) is 19.9 Å². The van der Waals surface area contributed by atoms with E-state index in [1.807, 2.05) is 36.4 Å². The molecular formula is C36H30N8O4. The topological polar surface area (TPSA) is 155 Å². The first-order valence-corrected chi connectivity index (χ1v) is 15.5. The maximum absolute atomic E-state index is 13.4. The van der Waals surface area contributed by atoms with Crippen molar-refractivity contribution in [2.24, 2.45) is 5.92 Å². The predicted molar refractivity (Wildman–Crippen MR) is 179 cm³/mol. The SMILES string of the molecule is CC(C)(C(=O)Nc1ccc(C#N)c2ccccc12)n1cc(C#CC2CN(c3ccc4c(=O)n(C5CCC(=O)NC5=O)ncc4c3)C2)cn1. The van der Waals surface area contributed by atoms with Gasteiger partial charge in [0, 0.05) is 53.2 Å². The lowest BCUT2D eigenvalue weighted by atomic mass is 9.99. The van der Waals surface area contributed by atoms with Crippen LogP contribution in [0.2, 0.25) is 0 Å². The van der Waals surface area contributed by atoms with E-state index in [1.54, 1.807) is 55.3 Å². The Morgan fingerprint density at radius 2 is 1.79 bits per heavy atom. The zero-order chi connectivity index (χ0) is 33.6. The van der Waals surface area contributed by atoms with Crippen molar-refractivity contribution in [3.8, 4) is 17.9 Å². The molecule has 0 spiro atoms. The van der Waals surface area contributed by atoms with Gasteiger partial charge in [-0.3, -0.25) is 29.2 Å². The summed E-state index contributed by atoms with van der Waals surface area (Å²) in [6.45, 7) is 4.98. The Labute approximate surface area is 274 Å². The largest absolute Gasteiger partial charge is 0.369 e. The summed E-state index contributed by atoms with van der Waals surface area (Å²) in [5.74, 6) is 5.50. The van der Waals surface area contributed by atoms with E-state index in [0.29, 0.717) is 40.7 Å². The number of hydrogen-bond donors (Lipinski definition) is 2. The molecule has 48 heavy (non-hydrogen) atoms. The lowest BCUT2D eigenvalue weighted by Crippen LogP contribution is -2.46. The molecule has 3 aromatic carbocycles. The Hall–Kier alpha value is -6.27. The number of anilines is 2. The maximum atomic E-state index is 13.4. The number of aromatic nitrogens is 4. The number of carbonyl (C=O) groups is 3. The Morgan fingerprint density at radius 3 is 2.56 bits per heavy atom. The molecule has 1 atom stereocenters. The van der Waals surface area contributed by atoms with Gasteiger partial charge in [-0.15, -0.1) is 0 Å². The Bertz CT molecular complexity index is 2310. The quantitative estimate of drug-likeness (QED) is 0.219.